The van der Waals surface area contributed by atoms with Crippen LogP contribution in [0.2, 0.25) is 25.2 Å². The first-order valence-corrected chi connectivity index (χ1v) is 16.2. The van der Waals surface area contributed by atoms with Crippen molar-refractivity contribution in [2.75, 3.05) is 31.8 Å². The average Bonchev–Trinajstić information content (AvgIpc) is 3.39. The molecule has 0 aromatic rings. The van der Waals surface area contributed by atoms with Crippen LogP contribution in [-0.2, 0) is 33.3 Å². The summed E-state index contributed by atoms with van der Waals surface area (Å²) in [5.41, 5.74) is -0.800. The highest BCUT2D eigenvalue weighted by molar-refractivity contribution is 7.99. The van der Waals surface area contributed by atoms with Gasteiger partial charge in [0.05, 0.1) is 30.7 Å². The van der Waals surface area contributed by atoms with E-state index in [9.17, 15) is 9.59 Å². The second-order valence-electron chi connectivity index (χ2n) is 10.3. The number of thioether (sulfide) groups is 1. The van der Waals surface area contributed by atoms with Gasteiger partial charge in [0, 0.05) is 39.5 Å². The van der Waals surface area contributed by atoms with Gasteiger partial charge in [-0.25, -0.2) is 0 Å². The van der Waals surface area contributed by atoms with E-state index in [-0.39, 0.29) is 41.8 Å². The summed E-state index contributed by atoms with van der Waals surface area (Å²) in [7, 11) is 0.00245. The van der Waals surface area contributed by atoms with E-state index in [1.54, 1.807) is 0 Å². The highest BCUT2D eigenvalue weighted by atomic mass is 32.2. The molecular formula is C23H36O7SSi. The van der Waals surface area contributed by atoms with Crippen LogP contribution in [0.3, 0.4) is 0 Å². The average molecular weight is 485 g/mol. The van der Waals surface area contributed by atoms with Crippen molar-refractivity contribution in [3.63, 3.8) is 0 Å². The van der Waals surface area contributed by atoms with Crippen LogP contribution in [0.4, 0.5) is 0 Å². The minimum absolute atomic E-state index is 0.0441. The number of hydrogen-bond acceptors (Lipinski definition) is 8. The summed E-state index contributed by atoms with van der Waals surface area (Å²) in [6.07, 6.45) is 6.30. The second kappa shape index (κ2) is 9.41. The number of esters is 2. The molecule has 0 aromatic carbocycles. The number of methoxy groups -OCH3 is 1. The first kappa shape index (κ1) is 24.3. The molecule has 180 valence electrons. The highest BCUT2D eigenvalue weighted by Crippen LogP contribution is 2.66. The Bertz CT molecular complexity index is 759. The molecule has 32 heavy (non-hydrogen) atoms. The first-order chi connectivity index (χ1) is 15.2. The van der Waals surface area contributed by atoms with E-state index in [2.05, 4.69) is 25.2 Å². The maximum Gasteiger partial charge on any atom is 0.305 e. The molecule has 4 rings (SSSR count). The van der Waals surface area contributed by atoms with Crippen molar-refractivity contribution in [1.82, 2.24) is 0 Å². The summed E-state index contributed by atoms with van der Waals surface area (Å²) in [5, 5.41) is 0. The topological polar surface area (TPSA) is 80.3 Å². The van der Waals surface area contributed by atoms with Gasteiger partial charge < -0.3 is 23.7 Å². The molecular weight excluding hydrogens is 448 g/mol. The Morgan fingerprint density at radius 1 is 1.25 bits per heavy atom. The normalized spacial score (nSPS) is 36.9. The van der Waals surface area contributed by atoms with Crippen LogP contribution in [0, 0.1) is 11.3 Å². The molecule has 3 saturated heterocycles. The fourth-order valence-electron chi connectivity index (χ4n) is 5.81. The minimum atomic E-state index is -1.44. The number of ether oxygens (including phenoxy) is 5. The van der Waals surface area contributed by atoms with Crippen LogP contribution >= 0.6 is 11.8 Å². The maximum absolute atomic E-state index is 11.7. The van der Waals surface area contributed by atoms with E-state index in [0.29, 0.717) is 19.6 Å². The van der Waals surface area contributed by atoms with Crippen LogP contribution < -0.4 is 0 Å². The van der Waals surface area contributed by atoms with Gasteiger partial charge >= 0.3 is 11.9 Å². The van der Waals surface area contributed by atoms with Gasteiger partial charge in [-0.3, -0.25) is 9.59 Å². The van der Waals surface area contributed by atoms with Gasteiger partial charge in [0.15, 0.2) is 6.29 Å². The Kier molecular flexibility index (Phi) is 7.13. The van der Waals surface area contributed by atoms with Gasteiger partial charge in [0.1, 0.15) is 12.2 Å². The van der Waals surface area contributed by atoms with E-state index < -0.39 is 13.7 Å². The first-order valence-electron chi connectivity index (χ1n) is 11.7. The van der Waals surface area contributed by atoms with Crippen LogP contribution in [0.5, 0.6) is 0 Å². The Balaban J connectivity index is 1.35. The molecule has 1 unspecified atom stereocenters. The lowest BCUT2D eigenvalue weighted by Gasteiger charge is -2.47. The van der Waals surface area contributed by atoms with Gasteiger partial charge in [0.2, 0.25) is 0 Å². The predicted molar refractivity (Wildman–Crippen MR) is 124 cm³/mol. The molecule has 9 heteroatoms. The smallest absolute Gasteiger partial charge is 0.305 e. The third kappa shape index (κ3) is 4.31. The van der Waals surface area contributed by atoms with E-state index in [1.807, 2.05) is 11.8 Å². The molecule has 1 spiro atoms. The molecule has 3 fully saturated rings. The fourth-order valence-corrected chi connectivity index (χ4v) is 9.38. The zero-order valence-corrected chi connectivity index (χ0v) is 21.4. The molecule has 0 radical (unpaired) electrons. The molecule has 6 atom stereocenters. The SMILES string of the molecule is COC(=O)CCCC[Si](C)(C)CCO[C@H]1OC2CSC[C@]34C=C[C@H](O3)[C@H]1[C@]24COC(C)=O. The summed E-state index contributed by atoms with van der Waals surface area (Å²) in [6.45, 7) is 7.19. The van der Waals surface area contributed by atoms with Crippen molar-refractivity contribution in [3.8, 4) is 0 Å². The monoisotopic (exact) mass is 484 g/mol. The Morgan fingerprint density at radius 3 is 2.81 bits per heavy atom. The quantitative estimate of drug-likeness (QED) is 0.191. The number of carbonyl (C=O) groups is 2. The maximum atomic E-state index is 11.7. The zero-order chi connectivity index (χ0) is 23.0. The minimum Gasteiger partial charge on any atom is -0.469 e. The van der Waals surface area contributed by atoms with Crippen molar-refractivity contribution in [3.05, 3.63) is 12.2 Å². The van der Waals surface area contributed by atoms with Crippen LogP contribution in [0.25, 0.3) is 0 Å². The molecule has 0 aromatic heterocycles. The van der Waals surface area contributed by atoms with Crippen molar-refractivity contribution >= 4 is 31.8 Å². The van der Waals surface area contributed by atoms with Crippen molar-refractivity contribution in [1.29, 1.82) is 0 Å². The lowest BCUT2D eigenvalue weighted by molar-refractivity contribution is -0.168. The number of hydrogen-bond donors (Lipinski definition) is 0. The van der Waals surface area contributed by atoms with Gasteiger partial charge in [-0.15, -0.1) is 0 Å². The summed E-state index contributed by atoms with van der Waals surface area (Å²) >= 11 is 1.84. The van der Waals surface area contributed by atoms with E-state index >= 15 is 0 Å². The zero-order valence-electron chi connectivity index (χ0n) is 19.6. The molecule has 4 heterocycles. The standard InChI is InChI=1S/C23H36O7SSi/c1-16(24)28-14-23-18-13-31-15-22(23)9-8-17(30-22)20(23)21(29-18)27-10-12-32(3,4)11-6-5-7-19(25)26-2/h8-9,17-18,20-21H,5-7,10-15H2,1-4H3/t17-,18?,20+,21-,22-,23-/m0/s1. The van der Waals surface area contributed by atoms with Crippen molar-refractivity contribution in [2.24, 2.45) is 11.3 Å². The number of carbonyl (C=O) groups excluding carboxylic acids is 2. The van der Waals surface area contributed by atoms with Gasteiger partial charge in [-0.1, -0.05) is 37.7 Å². The molecule has 7 nitrogen and oxygen atoms in total. The fraction of sp³-hybridized carbons (Fsp3) is 0.826. The molecule has 0 N–H and O–H groups in total. The third-order valence-corrected chi connectivity index (χ3v) is 12.1. The largest absolute Gasteiger partial charge is 0.469 e. The summed E-state index contributed by atoms with van der Waals surface area (Å²) < 4.78 is 29.6. The molecule has 0 amide bonds. The van der Waals surface area contributed by atoms with Crippen molar-refractivity contribution < 1.29 is 33.3 Å². The molecule has 4 aliphatic heterocycles. The summed E-state index contributed by atoms with van der Waals surface area (Å²) in [6, 6.07) is 2.20. The van der Waals surface area contributed by atoms with E-state index in [1.165, 1.54) is 14.0 Å². The van der Waals surface area contributed by atoms with Crippen LogP contribution in [0.1, 0.15) is 26.2 Å². The molecule has 4 aliphatic rings. The van der Waals surface area contributed by atoms with Gasteiger partial charge in [-0.2, -0.15) is 11.8 Å². The van der Waals surface area contributed by atoms with Crippen LogP contribution in [0.15, 0.2) is 12.2 Å². The summed E-state index contributed by atoms with van der Waals surface area (Å²) in [5.74, 6) is 1.37. The number of unbranched alkanes of at least 4 members (excludes halogenated alkanes) is 1. The van der Waals surface area contributed by atoms with E-state index in [4.69, 9.17) is 23.7 Å². The lowest BCUT2D eigenvalue weighted by atomic mass is 9.61. The van der Waals surface area contributed by atoms with Gasteiger partial charge in [0.25, 0.3) is 0 Å². The third-order valence-electron chi connectivity index (χ3n) is 7.68. The Labute approximate surface area is 195 Å². The number of rotatable bonds is 11. The summed E-state index contributed by atoms with van der Waals surface area (Å²) in [4.78, 5) is 23.0. The van der Waals surface area contributed by atoms with E-state index in [0.717, 1.165) is 36.4 Å². The Hall–Kier alpha value is -0.873. The highest BCUT2D eigenvalue weighted by Gasteiger charge is 2.77. The second-order valence-corrected chi connectivity index (χ2v) is 16.6. The number of fused-ring (bicyclic) bond motifs is 2. The van der Waals surface area contributed by atoms with Gasteiger partial charge in [-0.05, 0) is 12.5 Å². The molecule has 0 aliphatic carbocycles. The lowest BCUT2D eigenvalue weighted by Crippen LogP contribution is -2.60. The van der Waals surface area contributed by atoms with Crippen molar-refractivity contribution in [2.45, 2.75) is 75.5 Å². The van der Waals surface area contributed by atoms with Crippen LogP contribution in [-0.4, -0.2) is 75.9 Å². The predicted octanol–water partition coefficient (Wildman–Crippen LogP) is 3.40. The molecule has 0 saturated carbocycles. The molecule has 2 bridgehead atoms. The Morgan fingerprint density at radius 2 is 2.06 bits per heavy atom.